The van der Waals surface area contributed by atoms with Gasteiger partial charge in [0.2, 0.25) is 0 Å². The highest BCUT2D eigenvalue weighted by atomic mass is 32.2. The molecule has 0 atom stereocenters. The van der Waals surface area contributed by atoms with Crippen molar-refractivity contribution in [1.29, 1.82) is 0 Å². The van der Waals surface area contributed by atoms with Gasteiger partial charge in [-0.05, 0) is 67.9 Å². The monoisotopic (exact) mass is 538 g/mol. The molecule has 0 bridgehead atoms. The number of rotatable bonds is 17. The largest absolute Gasteiger partial charge is 0.506 e. The Morgan fingerprint density at radius 3 is 1.95 bits per heavy atom. The molecule has 7 heteroatoms. The summed E-state index contributed by atoms with van der Waals surface area (Å²) in [6.45, 7) is 4.86. The average Bonchev–Trinajstić information content (AvgIpc) is 2.90. The van der Waals surface area contributed by atoms with Crippen LogP contribution in [0, 0.1) is 6.92 Å². The fourth-order valence-electron chi connectivity index (χ4n) is 4.20. The first kappa shape index (κ1) is 29.4. The van der Waals surface area contributed by atoms with Crippen molar-refractivity contribution in [1.82, 2.24) is 0 Å². The lowest BCUT2D eigenvalue weighted by atomic mass is 10.1. The van der Waals surface area contributed by atoms with E-state index in [1.165, 1.54) is 76.0 Å². The van der Waals surface area contributed by atoms with E-state index in [0.717, 1.165) is 23.4 Å². The van der Waals surface area contributed by atoms with Gasteiger partial charge >= 0.3 is 0 Å². The third-order valence-electron chi connectivity index (χ3n) is 6.48. The van der Waals surface area contributed by atoms with Crippen molar-refractivity contribution >= 4 is 27.1 Å². The van der Waals surface area contributed by atoms with E-state index in [1.807, 2.05) is 31.2 Å². The summed E-state index contributed by atoms with van der Waals surface area (Å²) in [5, 5.41) is 13.5. The molecule has 0 saturated carbocycles. The number of aromatic hydroxyl groups is 1. The molecule has 3 aromatic rings. The fraction of sp³-hybridized carbons (Fsp3) is 0.419. The Morgan fingerprint density at radius 2 is 1.32 bits per heavy atom. The maximum absolute atomic E-state index is 12.7. The van der Waals surface area contributed by atoms with Gasteiger partial charge in [0.1, 0.15) is 11.5 Å². The van der Waals surface area contributed by atoms with E-state index in [1.54, 1.807) is 24.3 Å². The summed E-state index contributed by atoms with van der Waals surface area (Å²) in [6, 6.07) is 18.9. The molecule has 3 rings (SSSR count). The van der Waals surface area contributed by atoms with Crippen LogP contribution in [0.4, 0.5) is 17.1 Å². The summed E-state index contributed by atoms with van der Waals surface area (Å²) >= 11 is 0. The van der Waals surface area contributed by atoms with E-state index in [-0.39, 0.29) is 16.3 Å². The molecule has 6 nitrogen and oxygen atoms in total. The molecule has 3 aromatic carbocycles. The molecule has 0 radical (unpaired) electrons. The smallest absolute Gasteiger partial charge is 0.262 e. The molecule has 0 unspecified atom stereocenters. The van der Waals surface area contributed by atoms with Crippen molar-refractivity contribution in [2.75, 3.05) is 16.6 Å². The van der Waals surface area contributed by atoms with Crippen LogP contribution in [0.3, 0.4) is 0 Å². The summed E-state index contributed by atoms with van der Waals surface area (Å²) < 4.78 is 33.8. The molecule has 0 aromatic heterocycles. The first-order chi connectivity index (χ1) is 18.4. The highest BCUT2D eigenvalue weighted by Gasteiger charge is 2.16. The third kappa shape index (κ3) is 9.93. The minimum absolute atomic E-state index is 0.104. The topological polar surface area (TPSA) is 87.7 Å². The van der Waals surface area contributed by atoms with Gasteiger partial charge in [0, 0.05) is 11.4 Å². The Morgan fingerprint density at radius 1 is 0.737 bits per heavy atom. The minimum atomic E-state index is -3.82. The fourth-order valence-corrected chi connectivity index (χ4v) is 5.26. The van der Waals surface area contributed by atoms with Crippen molar-refractivity contribution in [2.24, 2.45) is 0 Å². The second-order valence-electron chi connectivity index (χ2n) is 9.83. The molecule has 0 spiro atoms. The molecule has 0 aliphatic rings. The molecule has 0 fully saturated rings. The first-order valence-electron chi connectivity index (χ1n) is 13.8. The molecule has 0 amide bonds. The van der Waals surface area contributed by atoms with Crippen molar-refractivity contribution in [3.05, 3.63) is 72.3 Å². The zero-order chi connectivity index (χ0) is 27.2. The minimum Gasteiger partial charge on any atom is -0.506 e. The van der Waals surface area contributed by atoms with Crippen molar-refractivity contribution in [2.45, 2.75) is 83.0 Å². The van der Waals surface area contributed by atoms with Gasteiger partial charge in [0.15, 0.2) is 0 Å². The average molecular weight is 539 g/mol. The number of phenols is 1. The number of ether oxygens (including phenoxy) is 1. The van der Waals surface area contributed by atoms with Gasteiger partial charge in [0.05, 0.1) is 17.2 Å². The van der Waals surface area contributed by atoms with Gasteiger partial charge in [-0.2, -0.15) is 0 Å². The van der Waals surface area contributed by atoms with E-state index >= 15 is 0 Å². The van der Waals surface area contributed by atoms with E-state index in [0.29, 0.717) is 12.3 Å². The van der Waals surface area contributed by atoms with Crippen LogP contribution >= 0.6 is 0 Å². The number of nitrogens with one attached hydrogen (secondary N) is 2. The molecule has 0 heterocycles. The Balaban J connectivity index is 1.43. The van der Waals surface area contributed by atoms with Gasteiger partial charge in [-0.25, -0.2) is 8.42 Å². The van der Waals surface area contributed by atoms with Gasteiger partial charge in [-0.3, -0.25) is 4.72 Å². The maximum atomic E-state index is 12.7. The maximum Gasteiger partial charge on any atom is 0.262 e. The van der Waals surface area contributed by atoms with E-state index in [2.05, 4.69) is 17.0 Å². The Labute approximate surface area is 228 Å². The third-order valence-corrected chi connectivity index (χ3v) is 7.86. The second-order valence-corrected chi connectivity index (χ2v) is 11.5. The molecular formula is C31H42N2O4S. The summed E-state index contributed by atoms with van der Waals surface area (Å²) in [5.41, 5.74) is 2.54. The lowest BCUT2D eigenvalue weighted by Gasteiger charge is -2.13. The molecule has 38 heavy (non-hydrogen) atoms. The van der Waals surface area contributed by atoms with E-state index < -0.39 is 10.0 Å². The van der Waals surface area contributed by atoms with Crippen LogP contribution in [0.2, 0.25) is 0 Å². The molecule has 206 valence electrons. The van der Waals surface area contributed by atoms with Crippen LogP contribution in [0.5, 0.6) is 11.5 Å². The number of unbranched alkanes of at least 4 members (excludes halogenated alkanes) is 9. The summed E-state index contributed by atoms with van der Waals surface area (Å²) in [4.78, 5) is 0.134. The molecule has 0 aliphatic carbocycles. The van der Waals surface area contributed by atoms with Gasteiger partial charge in [-0.15, -0.1) is 0 Å². The van der Waals surface area contributed by atoms with Crippen LogP contribution in [0.1, 0.15) is 76.7 Å². The van der Waals surface area contributed by atoms with Crippen LogP contribution in [0.15, 0.2) is 71.6 Å². The van der Waals surface area contributed by atoms with Crippen LogP contribution in [-0.4, -0.2) is 20.1 Å². The molecule has 0 aliphatic heterocycles. The van der Waals surface area contributed by atoms with Crippen LogP contribution in [-0.2, 0) is 10.0 Å². The number of sulfonamides is 1. The predicted octanol–water partition coefficient (Wildman–Crippen LogP) is 8.54. The number of hydrogen-bond acceptors (Lipinski definition) is 5. The van der Waals surface area contributed by atoms with E-state index in [9.17, 15) is 13.5 Å². The van der Waals surface area contributed by atoms with Crippen LogP contribution in [0.25, 0.3) is 0 Å². The molecular weight excluding hydrogens is 496 g/mol. The molecule has 0 saturated heterocycles. The summed E-state index contributed by atoms with van der Waals surface area (Å²) in [5.74, 6) is 0.672. The Kier molecular flexibility index (Phi) is 11.8. The predicted molar refractivity (Wildman–Crippen MR) is 157 cm³/mol. The zero-order valence-electron chi connectivity index (χ0n) is 22.7. The Bertz CT molecular complexity index is 1210. The SMILES string of the molecule is CCCCCCCCCCCCOc1ccc(Nc2ccc(O)c(NS(=O)(=O)c3ccc(C)cc3)c2)cc1. The van der Waals surface area contributed by atoms with Crippen molar-refractivity contribution < 1.29 is 18.3 Å². The van der Waals surface area contributed by atoms with Crippen LogP contribution < -0.4 is 14.8 Å². The number of aryl methyl sites for hydroxylation is 1. The highest BCUT2D eigenvalue weighted by molar-refractivity contribution is 7.92. The number of anilines is 3. The van der Waals surface area contributed by atoms with Gasteiger partial charge < -0.3 is 15.2 Å². The summed E-state index contributed by atoms with van der Waals surface area (Å²) in [6.07, 6.45) is 13.0. The number of hydrogen-bond donors (Lipinski definition) is 3. The zero-order valence-corrected chi connectivity index (χ0v) is 23.5. The van der Waals surface area contributed by atoms with Gasteiger partial charge in [0.25, 0.3) is 10.0 Å². The lowest BCUT2D eigenvalue weighted by Crippen LogP contribution is -2.13. The van der Waals surface area contributed by atoms with Gasteiger partial charge in [-0.1, -0.05) is 82.4 Å². The lowest BCUT2D eigenvalue weighted by molar-refractivity contribution is 0.304. The molecule has 3 N–H and O–H groups in total. The summed E-state index contributed by atoms with van der Waals surface area (Å²) in [7, 11) is -3.82. The number of benzene rings is 3. The second kappa shape index (κ2) is 15.3. The quantitative estimate of drug-likeness (QED) is 0.0910. The van der Waals surface area contributed by atoms with E-state index in [4.69, 9.17) is 4.74 Å². The standard InChI is InChI=1S/C31H42N2O4S/c1-3-4-5-6-7-8-9-10-11-12-23-37-28-18-15-26(16-19-28)32-27-17-22-31(34)30(24-27)33-38(35,36)29-20-13-25(2)14-21-29/h13-22,24,32-34H,3-12,23H2,1-2H3. The first-order valence-corrected chi connectivity index (χ1v) is 15.3. The van der Waals surface area contributed by atoms with Crippen molar-refractivity contribution in [3.8, 4) is 11.5 Å². The normalized spacial score (nSPS) is 11.3. The van der Waals surface area contributed by atoms with Crippen molar-refractivity contribution in [3.63, 3.8) is 0 Å². The Hall–Kier alpha value is -3.19. The number of phenolic OH excluding ortho intramolecular Hbond substituents is 1. The highest BCUT2D eigenvalue weighted by Crippen LogP contribution is 2.31.